The van der Waals surface area contributed by atoms with Crippen LogP contribution in [0.1, 0.15) is 0 Å². The summed E-state index contributed by atoms with van der Waals surface area (Å²) in [5, 5.41) is 5.86. The van der Waals surface area contributed by atoms with Crippen molar-refractivity contribution in [2.75, 3.05) is 0 Å². The smallest absolute Gasteiger partial charge is 0.265 e. The largest absolute Gasteiger partial charge is 0.310 e. The van der Waals surface area contributed by atoms with Crippen molar-refractivity contribution in [3.05, 3.63) is 28.1 Å². The Morgan fingerprint density at radius 3 is 2.22 bits per heavy atom. The van der Waals surface area contributed by atoms with Crippen LogP contribution >= 0.6 is 32.8 Å². The molecule has 0 aliphatic heterocycles. The predicted molar refractivity (Wildman–Crippen MR) is 65.9 cm³/mol. The maximum atomic E-state index is 12.7. The topological polar surface area (TPSA) is 41.6 Å². The number of nitrogens with zero attached hydrogens (tertiary/aromatic N) is 2. The molecule has 1 aromatic heterocycles. The third-order valence-corrected chi connectivity index (χ3v) is 3.74. The second-order valence-electron chi connectivity index (χ2n) is 3.47. The number of halogens is 6. The van der Waals surface area contributed by atoms with Crippen LogP contribution in [0.2, 0.25) is 0 Å². The number of nitrogens with one attached hydrogen (secondary N) is 1. The lowest BCUT2D eigenvalue weighted by Crippen LogP contribution is -2.06. The van der Waals surface area contributed by atoms with Gasteiger partial charge in [-0.2, -0.15) is 5.10 Å². The van der Waals surface area contributed by atoms with Crippen molar-refractivity contribution in [1.82, 2.24) is 15.2 Å². The van der Waals surface area contributed by atoms with E-state index < -0.39 is 15.1 Å². The molecule has 0 amide bonds. The molecule has 2 rings (SSSR count). The summed E-state index contributed by atoms with van der Waals surface area (Å²) in [4.78, 5) is 1.68. The van der Waals surface area contributed by atoms with Crippen LogP contribution < -0.4 is 0 Å². The molecule has 1 aromatic carbocycles. The fraction of sp³-hybridized carbons (Fsp3) is 0. The molecule has 0 radical (unpaired) electrons. The number of H-pyrrole nitrogens is 1. The zero-order valence-corrected chi connectivity index (χ0v) is 11.4. The number of aromatic amines is 1. The maximum Gasteiger partial charge on any atom is 0.310 e. The molecule has 0 saturated carbocycles. The molecule has 0 aliphatic rings. The minimum atomic E-state index is -9.69. The molecule has 3 nitrogen and oxygen atoms in total. The Hall–Kier alpha value is -0.910. The first-order valence-corrected chi connectivity index (χ1v) is 7.39. The Kier molecular flexibility index (Phi) is 2.51. The lowest BCUT2D eigenvalue weighted by molar-refractivity contribution is 0.364. The van der Waals surface area contributed by atoms with Gasteiger partial charge in [-0.05, 0) is 40.8 Å². The highest BCUT2D eigenvalue weighted by molar-refractivity contribution is 14.1. The highest BCUT2D eigenvalue weighted by Crippen LogP contribution is 3.02. The first-order valence-electron chi connectivity index (χ1n) is 4.36. The summed E-state index contributed by atoms with van der Waals surface area (Å²) < 4.78 is 63.5. The van der Waals surface area contributed by atoms with E-state index in [0.717, 1.165) is 6.33 Å². The van der Waals surface area contributed by atoms with Gasteiger partial charge in [-0.25, -0.2) is 4.98 Å². The third kappa shape index (κ3) is 2.91. The zero-order valence-electron chi connectivity index (χ0n) is 8.38. The maximum absolute atomic E-state index is 12.7. The van der Waals surface area contributed by atoms with Crippen molar-refractivity contribution >= 4 is 32.8 Å². The average Bonchev–Trinajstić information content (AvgIpc) is 2.65. The summed E-state index contributed by atoms with van der Waals surface area (Å²) in [6.45, 7) is 0. The Labute approximate surface area is 112 Å². The average molecular weight is 397 g/mol. The standard InChI is InChI=1S/C8H5F5IN3S/c9-18(10,11,12,13)7-2-5(1-6(14)3-7)8-15-4-16-17-8/h1-4H,(H,15,16,17). The Morgan fingerprint density at radius 1 is 1.06 bits per heavy atom. The van der Waals surface area contributed by atoms with E-state index in [0.29, 0.717) is 12.1 Å². The van der Waals surface area contributed by atoms with Gasteiger partial charge in [-0.1, -0.05) is 19.4 Å². The van der Waals surface area contributed by atoms with Crippen LogP contribution in [0, 0.1) is 3.57 Å². The summed E-state index contributed by atoms with van der Waals surface area (Å²) in [6, 6.07) is 2.04. The summed E-state index contributed by atoms with van der Waals surface area (Å²) in [6.07, 6.45) is 1.15. The monoisotopic (exact) mass is 397 g/mol. The van der Waals surface area contributed by atoms with Crippen LogP contribution in [-0.2, 0) is 0 Å². The lowest BCUT2D eigenvalue weighted by atomic mass is 10.2. The molecule has 10 heteroatoms. The molecule has 0 atom stereocenters. The minimum absolute atomic E-state index is 0.0261. The second-order valence-corrected chi connectivity index (χ2v) is 7.12. The van der Waals surface area contributed by atoms with Crippen molar-refractivity contribution in [2.45, 2.75) is 4.90 Å². The van der Waals surface area contributed by atoms with Gasteiger partial charge >= 0.3 is 10.2 Å². The van der Waals surface area contributed by atoms with E-state index in [9.17, 15) is 19.4 Å². The fourth-order valence-electron chi connectivity index (χ4n) is 1.26. The van der Waals surface area contributed by atoms with Gasteiger partial charge in [0.15, 0.2) is 5.82 Å². The van der Waals surface area contributed by atoms with E-state index >= 15 is 0 Å². The molecule has 0 fully saturated rings. The van der Waals surface area contributed by atoms with Gasteiger partial charge in [0.1, 0.15) is 11.2 Å². The van der Waals surface area contributed by atoms with Crippen LogP contribution in [0.5, 0.6) is 0 Å². The van der Waals surface area contributed by atoms with E-state index in [1.54, 1.807) is 0 Å². The summed E-state index contributed by atoms with van der Waals surface area (Å²) in [7, 11) is -9.69. The van der Waals surface area contributed by atoms with Gasteiger partial charge in [0, 0.05) is 9.13 Å². The van der Waals surface area contributed by atoms with Gasteiger partial charge in [-0.3, -0.25) is 5.10 Å². The van der Waals surface area contributed by atoms with Gasteiger partial charge < -0.3 is 0 Å². The van der Waals surface area contributed by atoms with Crippen LogP contribution in [0.15, 0.2) is 29.4 Å². The first kappa shape index (κ1) is 13.5. The Bertz CT molecular complexity index is 595. The first-order chi connectivity index (χ1) is 7.95. The SMILES string of the molecule is FS(F)(F)(F)(F)c1cc(I)cc(-c2nc[nH]n2)c1. The van der Waals surface area contributed by atoms with Gasteiger partial charge in [0.25, 0.3) is 0 Å². The quantitative estimate of drug-likeness (QED) is 0.588. The zero-order chi connectivity index (χ0) is 13.7. The molecule has 2 aromatic rings. The molecule has 0 spiro atoms. The van der Waals surface area contributed by atoms with E-state index in [-0.39, 0.29) is 15.0 Å². The van der Waals surface area contributed by atoms with Crippen LogP contribution in [0.4, 0.5) is 19.4 Å². The van der Waals surface area contributed by atoms with Crippen molar-refractivity contribution in [1.29, 1.82) is 0 Å². The van der Waals surface area contributed by atoms with E-state index in [4.69, 9.17) is 0 Å². The van der Waals surface area contributed by atoms with E-state index in [1.807, 2.05) is 0 Å². The number of benzene rings is 1. The third-order valence-electron chi connectivity index (χ3n) is 1.99. The highest BCUT2D eigenvalue weighted by Gasteiger charge is 2.65. The molecule has 0 aliphatic carbocycles. The number of hydrogen-bond acceptors (Lipinski definition) is 2. The molecule has 18 heavy (non-hydrogen) atoms. The van der Waals surface area contributed by atoms with Gasteiger partial charge in [0.05, 0.1) is 0 Å². The van der Waals surface area contributed by atoms with Crippen molar-refractivity contribution < 1.29 is 19.4 Å². The number of aromatic nitrogens is 3. The normalized spacial score (nSPS) is 16.1. The van der Waals surface area contributed by atoms with Crippen LogP contribution in [0.25, 0.3) is 11.4 Å². The molecule has 1 N–H and O–H groups in total. The number of rotatable bonds is 2. The summed E-state index contributed by atoms with van der Waals surface area (Å²) in [5.41, 5.74) is -0.119. The lowest BCUT2D eigenvalue weighted by Gasteiger charge is -2.40. The Morgan fingerprint density at radius 2 is 1.72 bits per heavy atom. The molecular weight excluding hydrogens is 392 g/mol. The van der Waals surface area contributed by atoms with Crippen LogP contribution in [-0.4, -0.2) is 15.2 Å². The molecule has 0 unspecified atom stereocenters. The highest BCUT2D eigenvalue weighted by atomic mass is 127. The van der Waals surface area contributed by atoms with E-state index in [1.165, 1.54) is 28.7 Å². The van der Waals surface area contributed by atoms with E-state index in [2.05, 4.69) is 15.2 Å². The van der Waals surface area contributed by atoms with Gasteiger partial charge in [0.2, 0.25) is 0 Å². The van der Waals surface area contributed by atoms with Crippen molar-refractivity contribution in [3.63, 3.8) is 0 Å². The number of hydrogen-bond donors (Lipinski definition) is 1. The van der Waals surface area contributed by atoms with Crippen LogP contribution in [0.3, 0.4) is 0 Å². The fourth-order valence-corrected chi connectivity index (χ4v) is 2.84. The molecule has 100 valence electrons. The second kappa shape index (κ2) is 3.35. The Balaban J connectivity index is 2.67. The minimum Gasteiger partial charge on any atom is -0.265 e. The molecule has 0 bridgehead atoms. The van der Waals surface area contributed by atoms with Crippen molar-refractivity contribution in [2.24, 2.45) is 0 Å². The predicted octanol–water partition coefficient (Wildman–Crippen LogP) is 4.73. The van der Waals surface area contributed by atoms with Gasteiger partial charge in [-0.15, -0.1) is 0 Å². The summed E-state index contributed by atoms with van der Waals surface area (Å²) >= 11 is 1.53. The molecule has 0 saturated heterocycles. The molecular formula is C8H5F5IN3S. The van der Waals surface area contributed by atoms with Crippen molar-refractivity contribution in [3.8, 4) is 11.4 Å². The molecule has 1 heterocycles. The summed E-state index contributed by atoms with van der Waals surface area (Å²) in [5.74, 6) is -0.0726.